The molecule has 1 atom stereocenters. The van der Waals surface area contributed by atoms with Gasteiger partial charge in [-0.3, -0.25) is 0 Å². The molecule has 1 N–H and O–H groups in total. The second-order valence-electron chi connectivity index (χ2n) is 5.64. The van der Waals surface area contributed by atoms with Crippen LogP contribution in [0.15, 0.2) is 53.5 Å². The minimum Gasteiger partial charge on any atom is -0.491 e. The lowest BCUT2D eigenvalue weighted by Gasteiger charge is -2.12. The first-order chi connectivity index (χ1) is 13.0. The first-order valence-electron chi connectivity index (χ1n) is 8.46. The van der Waals surface area contributed by atoms with E-state index in [1.54, 1.807) is 0 Å². The van der Waals surface area contributed by atoms with Gasteiger partial charge in [0.05, 0.1) is 0 Å². The molecule has 1 heterocycles. The summed E-state index contributed by atoms with van der Waals surface area (Å²) >= 11 is 0. The number of hydrogen-bond acceptors (Lipinski definition) is 7. The van der Waals surface area contributed by atoms with Crippen LogP contribution in [0.25, 0.3) is 0 Å². The van der Waals surface area contributed by atoms with Crippen molar-refractivity contribution < 1.29 is 33.3 Å². The van der Waals surface area contributed by atoms with Crippen molar-refractivity contribution in [2.24, 2.45) is 0 Å². The average Bonchev–Trinajstić information content (AvgIpc) is 3.18. The Morgan fingerprint density at radius 3 is 2.56 bits per heavy atom. The maximum absolute atomic E-state index is 11.9. The van der Waals surface area contributed by atoms with Crippen molar-refractivity contribution in [3.05, 3.63) is 66.1 Å². The molecule has 0 amide bonds. The molecule has 0 fully saturated rings. The molecule has 0 saturated carbocycles. The molecule has 0 saturated heterocycles. The van der Waals surface area contributed by atoms with Gasteiger partial charge in [-0.2, -0.15) is 0 Å². The van der Waals surface area contributed by atoms with Crippen LogP contribution in [0, 0.1) is 0 Å². The molecular formula is C20H22O7. The summed E-state index contributed by atoms with van der Waals surface area (Å²) < 4.78 is 20.5. The van der Waals surface area contributed by atoms with Crippen molar-refractivity contribution in [2.75, 3.05) is 13.2 Å². The summed E-state index contributed by atoms with van der Waals surface area (Å²) in [6.07, 6.45) is 0.979. The van der Waals surface area contributed by atoms with Crippen LogP contribution in [0.3, 0.4) is 0 Å². The topological polar surface area (TPSA) is 95.2 Å². The summed E-state index contributed by atoms with van der Waals surface area (Å²) in [5.74, 6) is -0.465. The van der Waals surface area contributed by atoms with Crippen molar-refractivity contribution in [2.45, 2.75) is 26.1 Å². The molecule has 2 rings (SSSR count). The summed E-state index contributed by atoms with van der Waals surface area (Å²) in [6, 6.07) is 10.4. The number of esters is 2. The van der Waals surface area contributed by atoms with Crippen molar-refractivity contribution in [3.8, 4) is 5.75 Å². The molecule has 0 radical (unpaired) electrons. The van der Waals surface area contributed by atoms with Gasteiger partial charge in [0.1, 0.15) is 37.4 Å². The Morgan fingerprint density at radius 2 is 1.89 bits per heavy atom. The highest BCUT2D eigenvalue weighted by Crippen LogP contribution is 2.13. The van der Waals surface area contributed by atoms with Gasteiger partial charge in [-0.25, -0.2) is 9.59 Å². The quantitative estimate of drug-likeness (QED) is 0.504. The van der Waals surface area contributed by atoms with E-state index in [-0.39, 0.29) is 31.3 Å². The Labute approximate surface area is 157 Å². The maximum Gasteiger partial charge on any atom is 0.374 e. The van der Waals surface area contributed by atoms with Gasteiger partial charge in [-0.1, -0.05) is 25.6 Å². The molecule has 7 nitrogen and oxygen atoms in total. The molecule has 27 heavy (non-hydrogen) atoms. The van der Waals surface area contributed by atoms with E-state index in [1.165, 1.54) is 17.7 Å². The molecule has 0 aliphatic heterocycles. The molecule has 1 aromatic heterocycles. The normalized spacial score (nSPS) is 11.5. The Kier molecular flexibility index (Phi) is 7.63. The van der Waals surface area contributed by atoms with E-state index in [1.807, 2.05) is 24.3 Å². The van der Waals surface area contributed by atoms with Crippen LogP contribution in [0.1, 0.15) is 28.8 Å². The second kappa shape index (κ2) is 10.2. The lowest BCUT2D eigenvalue weighted by Crippen LogP contribution is -2.25. The number of aliphatic hydroxyl groups excluding tert-OH is 1. The van der Waals surface area contributed by atoms with Crippen molar-refractivity contribution in [3.63, 3.8) is 0 Å². The van der Waals surface area contributed by atoms with Gasteiger partial charge in [0.25, 0.3) is 0 Å². The first kappa shape index (κ1) is 20.3. The van der Waals surface area contributed by atoms with Crippen LogP contribution in [0.2, 0.25) is 0 Å². The van der Waals surface area contributed by atoms with Crippen LogP contribution in [0.5, 0.6) is 5.75 Å². The number of aliphatic hydroxyl groups is 1. The van der Waals surface area contributed by atoms with Gasteiger partial charge in [0.2, 0.25) is 5.76 Å². The van der Waals surface area contributed by atoms with Gasteiger partial charge in [0, 0.05) is 6.08 Å². The molecule has 1 aromatic carbocycles. The summed E-state index contributed by atoms with van der Waals surface area (Å²) in [4.78, 5) is 22.9. The zero-order valence-corrected chi connectivity index (χ0v) is 15.1. The average molecular weight is 374 g/mol. The SMILES string of the molecule is C=CC(=O)OCc1ccc(C(=O)OCC(O)COc2ccc(CC)cc2)o1. The molecule has 0 aliphatic rings. The van der Waals surface area contributed by atoms with E-state index >= 15 is 0 Å². The predicted octanol–water partition coefficient (Wildman–Crippen LogP) is 2.67. The Hall–Kier alpha value is -3.06. The van der Waals surface area contributed by atoms with Gasteiger partial charge < -0.3 is 23.7 Å². The molecule has 0 aliphatic carbocycles. The van der Waals surface area contributed by atoms with Crippen LogP contribution >= 0.6 is 0 Å². The third-order valence-corrected chi connectivity index (χ3v) is 3.57. The van der Waals surface area contributed by atoms with Crippen molar-refractivity contribution in [1.29, 1.82) is 0 Å². The van der Waals surface area contributed by atoms with E-state index in [0.717, 1.165) is 12.5 Å². The molecule has 7 heteroatoms. The van der Waals surface area contributed by atoms with E-state index in [4.69, 9.17) is 18.6 Å². The summed E-state index contributed by atoms with van der Waals surface area (Å²) in [5, 5.41) is 9.88. The fourth-order valence-corrected chi connectivity index (χ4v) is 2.07. The number of benzene rings is 1. The summed E-state index contributed by atoms with van der Waals surface area (Å²) in [5.41, 5.74) is 1.19. The number of aryl methyl sites for hydroxylation is 1. The van der Waals surface area contributed by atoms with Gasteiger partial charge >= 0.3 is 11.9 Å². The highest BCUT2D eigenvalue weighted by Gasteiger charge is 2.16. The number of carbonyl (C=O) groups excluding carboxylic acids is 2. The predicted molar refractivity (Wildman–Crippen MR) is 96.3 cm³/mol. The zero-order chi connectivity index (χ0) is 19.6. The van der Waals surface area contributed by atoms with Crippen LogP contribution in [0.4, 0.5) is 0 Å². The van der Waals surface area contributed by atoms with E-state index < -0.39 is 18.0 Å². The highest BCUT2D eigenvalue weighted by molar-refractivity contribution is 5.86. The van der Waals surface area contributed by atoms with Crippen molar-refractivity contribution in [1.82, 2.24) is 0 Å². The fraction of sp³-hybridized carbons (Fsp3) is 0.300. The number of rotatable bonds is 10. The summed E-state index contributed by atoms with van der Waals surface area (Å²) in [6.45, 7) is 4.96. The number of carbonyl (C=O) groups is 2. The Morgan fingerprint density at radius 1 is 1.15 bits per heavy atom. The Bertz CT molecular complexity index is 761. The standard InChI is InChI=1S/C20H22O7/c1-3-14-5-7-16(8-6-14)24-11-15(21)12-26-20(23)18-10-9-17(27-18)13-25-19(22)4-2/h4-10,15,21H,2-3,11-13H2,1H3. The smallest absolute Gasteiger partial charge is 0.374 e. The van der Waals surface area contributed by atoms with Gasteiger partial charge in [-0.15, -0.1) is 0 Å². The van der Waals surface area contributed by atoms with Crippen LogP contribution in [-0.4, -0.2) is 36.4 Å². The monoisotopic (exact) mass is 374 g/mol. The fourth-order valence-electron chi connectivity index (χ4n) is 2.07. The molecule has 0 spiro atoms. The van der Waals surface area contributed by atoms with E-state index in [2.05, 4.69) is 13.5 Å². The summed E-state index contributed by atoms with van der Waals surface area (Å²) in [7, 11) is 0. The lowest BCUT2D eigenvalue weighted by atomic mass is 10.2. The zero-order valence-electron chi connectivity index (χ0n) is 15.1. The van der Waals surface area contributed by atoms with Gasteiger partial charge in [0.15, 0.2) is 0 Å². The molecule has 144 valence electrons. The molecule has 0 bridgehead atoms. The minimum absolute atomic E-state index is 0.0142. The Balaban J connectivity index is 1.73. The largest absolute Gasteiger partial charge is 0.491 e. The third-order valence-electron chi connectivity index (χ3n) is 3.57. The van der Waals surface area contributed by atoms with E-state index in [9.17, 15) is 14.7 Å². The van der Waals surface area contributed by atoms with Gasteiger partial charge in [-0.05, 0) is 36.2 Å². The third kappa shape index (κ3) is 6.63. The number of ether oxygens (including phenoxy) is 3. The number of furan rings is 1. The minimum atomic E-state index is -0.984. The van der Waals surface area contributed by atoms with Crippen LogP contribution < -0.4 is 4.74 Å². The maximum atomic E-state index is 11.9. The lowest BCUT2D eigenvalue weighted by molar-refractivity contribution is -0.139. The van der Waals surface area contributed by atoms with Crippen molar-refractivity contribution >= 4 is 11.9 Å². The highest BCUT2D eigenvalue weighted by atomic mass is 16.6. The molecule has 2 aromatic rings. The first-order valence-corrected chi connectivity index (χ1v) is 8.46. The second-order valence-corrected chi connectivity index (χ2v) is 5.64. The van der Waals surface area contributed by atoms with E-state index in [0.29, 0.717) is 5.75 Å². The molecular weight excluding hydrogens is 352 g/mol. The molecule has 1 unspecified atom stereocenters. The van der Waals surface area contributed by atoms with Crippen LogP contribution in [-0.2, 0) is 27.3 Å². The number of hydrogen-bond donors (Lipinski definition) is 1.